The summed E-state index contributed by atoms with van der Waals surface area (Å²) in [4.78, 5) is 8.55. The van der Waals surface area contributed by atoms with Gasteiger partial charge in [0.15, 0.2) is 11.6 Å². The van der Waals surface area contributed by atoms with Crippen LogP contribution in [0.3, 0.4) is 0 Å². The van der Waals surface area contributed by atoms with E-state index in [1.165, 1.54) is 0 Å². The molecule has 0 aliphatic heterocycles. The molecule has 0 aliphatic rings. The molecule has 0 aliphatic carbocycles. The normalized spacial score (nSPS) is 11.2. The van der Waals surface area contributed by atoms with Crippen molar-refractivity contribution in [3.05, 3.63) is 54.1 Å². The molecule has 3 heterocycles. The fourth-order valence-electron chi connectivity index (χ4n) is 2.64. The molecule has 0 amide bonds. The molecule has 0 spiro atoms. The number of fused-ring (bicyclic) bond motifs is 1. The summed E-state index contributed by atoms with van der Waals surface area (Å²) in [5.74, 6) is 2.44. The predicted octanol–water partition coefficient (Wildman–Crippen LogP) is 2.20. The van der Waals surface area contributed by atoms with Crippen LogP contribution in [0.4, 0.5) is 5.82 Å². The highest BCUT2D eigenvalue weighted by molar-refractivity contribution is 5.79. The van der Waals surface area contributed by atoms with E-state index in [-0.39, 0.29) is 0 Å². The van der Waals surface area contributed by atoms with Crippen molar-refractivity contribution in [3.8, 4) is 11.6 Å². The van der Waals surface area contributed by atoms with Crippen LogP contribution in [0.5, 0.6) is 0 Å². The van der Waals surface area contributed by atoms with E-state index in [2.05, 4.69) is 20.2 Å². The van der Waals surface area contributed by atoms with E-state index < -0.39 is 0 Å². The van der Waals surface area contributed by atoms with Crippen molar-refractivity contribution < 1.29 is 0 Å². The van der Waals surface area contributed by atoms with Gasteiger partial charge in [0.1, 0.15) is 11.6 Å². The fraction of sp³-hybridized carbons (Fsp3) is 0.125. The number of hydrogen-bond donors (Lipinski definition) is 1. The van der Waals surface area contributed by atoms with Crippen molar-refractivity contribution in [1.82, 2.24) is 29.5 Å². The summed E-state index contributed by atoms with van der Waals surface area (Å²) in [5, 5.41) is 10.1. The minimum atomic E-state index is 0.414. The second-order valence-electron chi connectivity index (χ2n) is 5.37. The Hall–Kier alpha value is -3.22. The number of anilines is 1. The van der Waals surface area contributed by atoms with Crippen LogP contribution in [0, 0.1) is 13.8 Å². The van der Waals surface area contributed by atoms with Gasteiger partial charge in [0, 0.05) is 17.5 Å². The van der Waals surface area contributed by atoms with Crippen LogP contribution in [-0.2, 0) is 0 Å². The topological polar surface area (TPSA) is 87.4 Å². The fourth-order valence-corrected chi connectivity index (χ4v) is 2.64. The molecule has 114 valence electrons. The SMILES string of the molecule is Cc1cc(-n2ncc3ccccc32)n(-c2cc(N)nc(C)n2)n1. The zero-order chi connectivity index (χ0) is 16.0. The lowest BCUT2D eigenvalue weighted by atomic mass is 10.2. The molecular weight excluding hydrogens is 290 g/mol. The van der Waals surface area contributed by atoms with Crippen molar-refractivity contribution in [2.24, 2.45) is 0 Å². The minimum absolute atomic E-state index is 0.414. The molecule has 0 bridgehead atoms. The van der Waals surface area contributed by atoms with Crippen molar-refractivity contribution in [2.45, 2.75) is 13.8 Å². The smallest absolute Gasteiger partial charge is 0.161 e. The summed E-state index contributed by atoms with van der Waals surface area (Å²) < 4.78 is 3.59. The Balaban J connectivity index is 1.97. The number of hydrogen-bond acceptors (Lipinski definition) is 5. The van der Waals surface area contributed by atoms with E-state index >= 15 is 0 Å². The van der Waals surface area contributed by atoms with Gasteiger partial charge in [0.05, 0.1) is 17.4 Å². The van der Waals surface area contributed by atoms with Gasteiger partial charge in [0.25, 0.3) is 0 Å². The first-order chi connectivity index (χ1) is 11.1. The minimum Gasteiger partial charge on any atom is -0.384 e. The molecule has 1 aromatic carbocycles. The van der Waals surface area contributed by atoms with Gasteiger partial charge in [-0.25, -0.2) is 14.6 Å². The number of nitrogen functional groups attached to an aromatic ring is 1. The number of benzene rings is 1. The van der Waals surface area contributed by atoms with E-state index in [0.29, 0.717) is 17.5 Å². The highest BCUT2D eigenvalue weighted by atomic mass is 15.4. The van der Waals surface area contributed by atoms with E-state index in [1.54, 1.807) is 17.7 Å². The molecule has 0 unspecified atom stereocenters. The number of nitrogens with two attached hydrogens (primary N) is 1. The summed E-state index contributed by atoms with van der Waals surface area (Å²) in [6.45, 7) is 3.74. The molecule has 0 saturated heterocycles. The summed E-state index contributed by atoms with van der Waals surface area (Å²) in [7, 11) is 0. The molecule has 0 fully saturated rings. The maximum atomic E-state index is 5.85. The number of para-hydroxylation sites is 1. The third-order valence-corrected chi connectivity index (χ3v) is 3.57. The Kier molecular flexibility index (Phi) is 2.87. The highest BCUT2D eigenvalue weighted by Crippen LogP contribution is 2.21. The Morgan fingerprint density at radius 3 is 2.65 bits per heavy atom. The number of aromatic nitrogens is 6. The molecule has 4 aromatic rings. The summed E-state index contributed by atoms with van der Waals surface area (Å²) in [6.07, 6.45) is 1.83. The van der Waals surface area contributed by atoms with E-state index in [9.17, 15) is 0 Å². The van der Waals surface area contributed by atoms with Crippen LogP contribution in [0.25, 0.3) is 22.5 Å². The molecule has 7 nitrogen and oxygen atoms in total. The van der Waals surface area contributed by atoms with Gasteiger partial charge < -0.3 is 5.73 Å². The molecule has 4 rings (SSSR count). The molecule has 7 heteroatoms. The number of aryl methyl sites for hydroxylation is 2. The number of rotatable bonds is 2. The summed E-state index contributed by atoms with van der Waals surface area (Å²) >= 11 is 0. The molecule has 0 atom stereocenters. The summed E-state index contributed by atoms with van der Waals surface area (Å²) in [6, 6.07) is 11.7. The first-order valence-electron chi connectivity index (χ1n) is 7.23. The Morgan fingerprint density at radius 1 is 1.00 bits per heavy atom. The van der Waals surface area contributed by atoms with Crippen molar-refractivity contribution >= 4 is 16.7 Å². The average Bonchev–Trinajstić information content (AvgIpc) is 3.09. The predicted molar refractivity (Wildman–Crippen MR) is 87.7 cm³/mol. The second kappa shape index (κ2) is 4.91. The maximum absolute atomic E-state index is 5.85. The van der Waals surface area contributed by atoms with Crippen LogP contribution in [0.1, 0.15) is 11.5 Å². The molecule has 0 radical (unpaired) electrons. The Labute approximate surface area is 132 Å². The third-order valence-electron chi connectivity index (χ3n) is 3.57. The molecular formula is C16H15N7. The van der Waals surface area contributed by atoms with E-state index in [0.717, 1.165) is 22.4 Å². The van der Waals surface area contributed by atoms with Gasteiger partial charge in [-0.2, -0.15) is 14.9 Å². The lowest BCUT2D eigenvalue weighted by Crippen LogP contribution is -2.10. The molecule has 3 aromatic heterocycles. The average molecular weight is 305 g/mol. The number of nitrogens with zero attached hydrogens (tertiary/aromatic N) is 6. The first kappa shape index (κ1) is 13.4. The lowest BCUT2D eigenvalue weighted by molar-refractivity contribution is 0.753. The largest absolute Gasteiger partial charge is 0.384 e. The lowest BCUT2D eigenvalue weighted by Gasteiger charge is -2.08. The Morgan fingerprint density at radius 2 is 1.83 bits per heavy atom. The highest BCUT2D eigenvalue weighted by Gasteiger charge is 2.14. The van der Waals surface area contributed by atoms with Crippen molar-refractivity contribution in [1.29, 1.82) is 0 Å². The van der Waals surface area contributed by atoms with Crippen molar-refractivity contribution in [2.75, 3.05) is 5.73 Å². The van der Waals surface area contributed by atoms with Gasteiger partial charge >= 0.3 is 0 Å². The third kappa shape index (κ3) is 2.22. The molecule has 2 N–H and O–H groups in total. The zero-order valence-electron chi connectivity index (χ0n) is 12.8. The van der Waals surface area contributed by atoms with Gasteiger partial charge in [-0.05, 0) is 19.9 Å². The maximum Gasteiger partial charge on any atom is 0.161 e. The van der Waals surface area contributed by atoms with Gasteiger partial charge in [0.2, 0.25) is 0 Å². The van der Waals surface area contributed by atoms with Crippen LogP contribution < -0.4 is 5.73 Å². The van der Waals surface area contributed by atoms with Crippen LogP contribution in [0.15, 0.2) is 42.6 Å². The van der Waals surface area contributed by atoms with Gasteiger partial charge in [-0.1, -0.05) is 18.2 Å². The molecule has 0 saturated carbocycles. The summed E-state index contributed by atoms with van der Waals surface area (Å²) in [5.41, 5.74) is 7.72. The Bertz CT molecular complexity index is 992. The standard InChI is InChI=1S/C16H15N7/c1-10-7-16(22-13-6-4-3-5-12(13)9-18-22)23(21-10)15-8-14(17)19-11(2)20-15/h3-9H,1-2H3,(H2,17,19,20). The van der Waals surface area contributed by atoms with Crippen LogP contribution >= 0.6 is 0 Å². The monoisotopic (exact) mass is 305 g/mol. The zero-order valence-corrected chi connectivity index (χ0v) is 12.8. The van der Waals surface area contributed by atoms with Crippen molar-refractivity contribution in [3.63, 3.8) is 0 Å². The second-order valence-corrected chi connectivity index (χ2v) is 5.37. The first-order valence-corrected chi connectivity index (χ1v) is 7.23. The van der Waals surface area contributed by atoms with E-state index in [1.807, 2.05) is 48.1 Å². The van der Waals surface area contributed by atoms with Crippen LogP contribution in [0.2, 0.25) is 0 Å². The van der Waals surface area contributed by atoms with Gasteiger partial charge in [-0.15, -0.1) is 0 Å². The molecule has 23 heavy (non-hydrogen) atoms. The quantitative estimate of drug-likeness (QED) is 0.613. The van der Waals surface area contributed by atoms with Crippen LogP contribution in [-0.4, -0.2) is 29.5 Å². The van der Waals surface area contributed by atoms with Gasteiger partial charge in [-0.3, -0.25) is 0 Å². The van der Waals surface area contributed by atoms with E-state index in [4.69, 9.17) is 5.73 Å².